The van der Waals surface area contributed by atoms with Crippen molar-refractivity contribution in [3.63, 3.8) is 0 Å². The minimum Gasteiger partial charge on any atom is -0.394 e. The summed E-state index contributed by atoms with van der Waals surface area (Å²) in [6.45, 7) is 3.90. The van der Waals surface area contributed by atoms with Crippen LogP contribution in [0.5, 0.6) is 0 Å². The van der Waals surface area contributed by atoms with E-state index in [2.05, 4.69) is 65.5 Å². The highest BCUT2D eigenvalue weighted by molar-refractivity contribution is 7.81. The molecule has 0 aromatic carbocycles. The zero-order chi connectivity index (χ0) is 49.2. The summed E-state index contributed by atoms with van der Waals surface area (Å²) in [7, 11) is 3.59. The number of unbranched alkanes of at least 4 members (excludes halogenated alkanes) is 11. The van der Waals surface area contributed by atoms with Crippen LogP contribution in [0.15, 0.2) is 4.99 Å². The molecule has 0 bridgehead atoms. The summed E-state index contributed by atoms with van der Waals surface area (Å²) in [6.07, 6.45) is 12.8. The van der Waals surface area contributed by atoms with E-state index < -0.39 is 97.2 Å². The van der Waals surface area contributed by atoms with Gasteiger partial charge in [0.1, 0.15) is 30.2 Å². The van der Waals surface area contributed by atoms with Crippen molar-refractivity contribution >= 4 is 71.8 Å². The molecule has 0 aliphatic rings. The average Bonchev–Trinajstić information content (AvgIpc) is 3.26. The van der Waals surface area contributed by atoms with Gasteiger partial charge in [-0.3, -0.25) is 48.1 Å². The van der Waals surface area contributed by atoms with Crippen molar-refractivity contribution in [3.8, 4) is 0 Å². The molecule has 0 aliphatic heterocycles. The molecular weight excluding hydrogens is 865 g/mol. The van der Waals surface area contributed by atoms with E-state index in [0.29, 0.717) is 6.42 Å². The molecule has 0 spiro atoms. The fourth-order valence-electron chi connectivity index (χ4n) is 6.39. The largest absolute Gasteiger partial charge is 0.394 e. The molecule has 0 aromatic rings. The highest BCUT2D eigenvalue weighted by Crippen LogP contribution is 2.13. The Morgan fingerprint density at radius 2 is 1.12 bits per heavy atom. The Morgan fingerprint density at radius 1 is 0.585 bits per heavy atom. The number of aliphatic hydroxyl groups is 1. The third-order valence-corrected chi connectivity index (χ3v) is 10.4. The summed E-state index contributed by atoms with van der Waals surface area (Å²) in [5, 5.41) is 32.6. The third-order valence-electron chi connectivity index (χ3n) is 10.1. The Hall–Kier alpha value is -5.19. The lowest BCUT2D eigenvalue weighted by Gasteiger charge is -2.26. The topological polar surface area (TPSA) is 347 Å². The number of primary amides is 2. The van der Waals surface area contributed by atoms with Crippen LogP contribution >= 0.6 is 12.6 Å². The number of nitrogens with zero attached hydrogens (tertiary/aromatic N) is 1. The molecule has 0 aromatic heterocycles. The molecule has 0 saturated heterocycles. The van der Waals surface area contributed by atoms with Crippen LogP contribution < -0.4 is 59.3 Å². The first-order chi connectivity index (χ1) is 30.9. The lowest BCUT2D eigenvalue weighted by Crippen LogP contribution is -2.60. The highest BCUT2D eigenvalue weighted by atomic mass is 32.1. The number of carbonyl (C=O) groups is 9. The second-order valence-electron chi connectivity index (χ2n) is 16.2. The normalized spacial score (nSPS) is 13.5. The number of aliphatic hydroxyl groups excluding tert-OH is 1. The number of nitrogens with two attached hydrogens (primary N) is 2. The van der Waals surface area contributed by atoms with Gasteiger partial charge in [0.15, 0.2) is 5.96 Å². The maximum atomic E-state index is 13.8. The Bertz CT molecular complexity index is 1540. The van der Waals surface area contributed by atoms with Gasteiger partial charge in [-0.15, -0.1) is 0 Å². The highest BCUT2D eigenvalue weighted by Gasteiger charge is 2.31. The maximum Gasteiger partial charge on any atom is 0.245 e. The number of nitrogens with one attached hydrogen (secondary N) is 9. The van der Waals surface area contributed by atoms with Crippen molar-refractivity contribution in [2.24, 2.45) is 22.4 Å². The first-order valence-electron chi connectivity index (χ1n) is 22.6. The van der Waals surface area contributed by atoms with Gasteiger partial charge in [-0.05, 0) is 38.5 Å². The number of thiol groups is 1. The minimum absolute atomic E-state index is 0.0670. The summed E-state index contributed by atoms with van der Waals surface area (Å²) >= 11 is 3.89. The molecule has 14 N–H and O–H groups in total. The van der Waals surface area contributed by atoms with Crippen molar-refractivity contribution in [3.05, 3.63) is 0 Å². The van der Waals surface area contributed by atoms with Crippen molar-refractivity contribution in [1.29, 1.82) is 0 Å². The van der Waals surface area contributed by atoms with Crippen molar-refractivity contribution in [2.45, 2.75) is 154 Å². The van der Waals surface area contributed by atoms with Gasteiger partial charge in [0.25, 0.3) is 0 Å². The van der Waals surface area contributed by atoms with Gasteiger partial charge in [0, 0.05) is 40.0 Å². The smallest absolute Gasteiger partial charge is 0.245 e. The van der Waals surface area contributed by atoms with Crippen LogP contribution in [-0.4, -0.2) is 141 Å². The zero-order valence-corrected chi connectivity index (χ0v) is 39.9. The summed E-state index contributed by atoms with van der Waals surface area (Å²) in [6, 6.07) is -6.54. The van der Waals surface area contributed by atoms with Gasteiger partial charge in [-0.2, -0.15) is 12.6 Å². The molecule has 9 amide bonds. The zero-order valence-electron chi connectivity index (χ0n) is 39.0. The Kier molecular flexibility index (Phi) is 33.2. The Balaban J connectivity index is 5.38. The molecule has 22 nitrogen and oxygen atoms in total. The van der Waals surface area contributed by atoms with Crippen LogP contribution in [0.1, 0.15) is 124 Å². The van der Waals surface area contributed by atoms with Crippen LogP contribution in [0.4, 0.5) is 0 Å². The van der Waals surface area contributed by atoms with E-state index in [1.165, 1.54) is 45.4 Å². The standard InChI is InChI=1S/C42H78N12O10S/c1-27(2)22-30(40(63)49-24-35(58)52-32(25-55)37(44)60)53-41(64)31(23-48-39(62)29(19-20-33(43)56)51-36(59)26-65)54-38(61)28(3)50-34(57)18-16-14-12-10-8-6-7-9-11-13-15-17-21-47-42(45-4)46-5/h27-32,55,65H,6-26H2,1-5H3,(H2,43,56)(H2,44,60)(H,48,62)(H,49,63)(H,50,57)(H,51,59)(H,52,58)(H,53,64)(H,54,61)(H2,45,46,47). The quantitative estimate of drug-likeness (QED) is 0.0144. The molecule has 5 atom stereocenters. The summed E-state index contributed by atoms with van der Waals surface area (Å²) < 4.78 is 0. The maximum absolute atomic E-state index is 13.8. The number of guanidine groups is 1. The number of hydrogen-bond acceptors (Lipinski definition) is 12. The molecule has 0 rings (SSSR count). The Morgan fingerprint density at radius 3 is 1.63 bits per heavy atom. The number of amides is 9. The van der Waals surface area contributed by atoms with E-state index >= 15 is 0 Å². The lowest BCUT2D eigenvalue weighted by atomic mass is 10.0. The van der Waals surface area contributed by atoms with E-state index in [1.54, 1.807) is 20.9 Å². The molecular formula is C42H78N12O10S. The van der Waals surface area contributed by atoms with E-state index in [4.69, 9.17) is 11.5 Å². The van der Waals surface area contributed by atoms with Gasteiger partial charge >= 0.3 is 0 Å². The van der Waals surface area contributed by atoms with Crippen LogP contribution in [0.3, 0.4) is 0 Å². The fourth-order valence-corrected chi connectivity index (χ4v) is 6.48. The minimum atomic E-state index is -1.53. The molecule has 5 unspecified atom stereocenters. The number of aliphatic imine (C=N–C) groups is 1. The number of hydrogen-bond donors (Lipinski definition) is 13. The van der Waals surface area contributed by atoms with Gasteiger partial charge in [0.2, 0.25) is 53.2 Å². The monoisotopic (exact) mass is 943 g/mol. The third kappa shape index (κ3) is 29.8. The van der Waals surface area contributed by atoms with E-state index in [0.717, 1.165) is 44.6 Å². The van der Waals surface area contributed by atoms with E-state index in [9.17, 15) is 48.3 Å². The van der Waals surface area contributed by atoms with Crippen LogP contribution in [-0.2, 0) is 43.2 Å². The number of rotatable bonds is 36. The fraction of sp³-hybridized carbons (Fsp3) is 0.762. The molecule has 0 aliphatic carbocycles. The molecule has 23 heteroatoms. The molecule has 372 valence electrons. The Labute approximate surface area is 389 Å². The van der Waals surface area contributed by atoms with Gasteiger partial charge in [0.05, 0.1) is 18.9 Å². The SMILES string of the molecule is CN=C(NC)NCCCCCCCCCCCCCCC(=O)NC(C)C(=O)NC(CNC(=O)C(CCC(N)=O)NC(=O)CS)C(=O)NC(CC(C)C)C(=O)NCC(=O)NC(CO)C(N)=O. The first kappa shape index (κ1) is 59.8. The van der Waals surface area contributed by atoms with Gasteiger partial charge < -0.3 is 64.4 Å². The van der Waals surface area contributed by atoms with E-state index in [1.807, 2.05) is 7.05 Å². The molecule has 0 fully saturated rings. The lowest BCUT2D eigenvalue weighted by molar-refractivity contribution is -0.134. The van der Waals surface area contributed by atoms with Crippen LogP contribution in [0, 0.1) is 5.92 Å². The van der Waals surface area contributed by atoms with E-state index in [-0.39, 0.29) is 43.3 Å². The molecule has 0 saturated carbocycles. The molecule has 0 radical (unpaired) electrons. The predicted molar refractivity (Wildman–Crippen MR) is 250 cm³/mol. The van der Waals surface area contributed by atoms with Crippen LogP contribution in [0.25, 0.3) is 0 Å². The summed E-state index contributed by atoms with van der Waals surface area (Å²) in [5.41, 5.74) is 10.4. The van der Waals surface area contributed by atoms with Crippen LogP contribution in [0.2, 0.25) is 0 Å². The molecule has 0 heterocycles. The summed E-state index contributed by atoms with van der Waals surface area (Å²) in [4.78, 5) is 118. The van der Waals surface area contributed by atoms with Crippen molar-refractivity contribution in [2.75, 3.05) is 46.1 Å². The number of carbonyl (C=O) groups excluding carboxylic acids is 9. The molecule has 65 heavy (non-hydrogen) atoms. The average molecular weight is 943 g/mol. The van der Waals surface area contributed by atoms with Gasteiger partial charge in [-0.25, -0.2) is 0 Å². The van der Waals surface area contributed by atoms with Crippen molar-refractivity contribution < 1.29 is 48.3 Å². The predicted octanol–water partition coefficient (Wildman–Crippen LogP) is -1.75. The summed E-state index contributed by atoms with van der Waals surface area (Å²) in [5.74, 6) is -6.51. The second-order valence-corrected chi connectivity index (χ2v) is 16.6. The second kappa shape index (κ2) is 36.1. The van der Waals surface area contributed by atoms with Gasteiger partial charge in [-0.1, -0.05) is 78.1 Å². The van der Waals surface area contributed by atoms with Crippen molar-refractivity contribution in [1.82, 2.24) is 47.9 Å². The first-order valence-corrected chi connectivity index (χ1v) is 23.2.